The molecular weight excluding hydrogens is 543 g/mol. The molecule has 0 spiro atoms. The van der Waals surface area contributed by atoms with Crippen LogP contribution in [-0.2, 0) is 14.8 Å². The van der Waals surface area contributed by atoms with E-state index < -0.39 is 10.0 Å². The number of nitrogens with one attached hydrogen (secondary N) is 1. The van der Waals surface area contributed by atoms with Crippen LogP contribution in [0.1, 0.15) is 25.0 Å². The highest BCUT2D eigenvalue weighted by atomic mass is 32.2. The van der Waals surface area contributed by atoms with Crippen LogP contribution >= 0.6 is 23.6 Å². The first-order chi connectivity index (χ1) is 18.4. The number of piperidine rings is 1. The molecule has 38 heavy (non-hydrogen) atoms. The van der Waals surface area contributed by atoms with Crippen LogP contribution in [0, 0.1) is 4.64 Å². The lowest BCUT2D eigenvalue weighted by molar-refractivity contribution is -0.103. The molecule has 0 bridgehead atoms. The van der Waals surface area contributed by atoms with E-state index in [-0.39, 0.29) is 14.7 Å². The first kappa shape index (κ1) is 25.8. The molecule has 1 aliphatic rings. The van der Waals surface area contributed by atoms with Crippen LogP contribution in [0.4, 0.5) is 10.8 Å². The number of sulfonamides is 1. The number of carbonyl (C=O) groups excluding carboxylic acids is 1. The van der Waals surface area contributed by atoms with Crippen molar-refractivity contribution in [1.82, 2.24) is 19.5 Å². The number of anilines is 1. The fraction of sp³-hybridized carbons (Fsp3) is 0.200. The summed E-state index contributed by atoms with van der Waals surface area (Å²) in [5.74, 6) is 0. The number of hydrogen-bond acceptors (Lipinski definition) is 10. The average molecular weight is 566 g/mol. The van der Waals surface area contributed by atoms with Gasteiger partial charge < -0.3 is 4.90 Å². The standard InChI is InChI=1S/C25H23N7O3S3/c33-17-18(16-31-13-4-1-5-14-31)23-24(36)32(22-7-3-2-6-21(22)27-23)30-28-19-8-10-20(11-9-19)38(34,35)29-25-26-12-15-37-25/h2-3,6-12,15-17H,1,4-5,13-14H2,(H,26,29)/b18-16+,30-28?. The Morgan fingerprint density at radius 1 is 1.08 bits per heavy atom. The van der Waals surface area contributed by atoms with Gasteiger partial charge in [-0.15, -0.1) is 16.5 Å². The van der Waals surface area contributed by atoms with E-state index in [0.717, 1.165) is 32.2 Å². The summed E-state index contributed by atoms with van der Waals surface area (Å²) in [5.41, 5.74) is 2.39. The molecule has 13 heteroatoms. The number of aromatic nitrogens is 3. The lowest BCUT2D eigenvalue weighted by Crippen LogP contribution is -2.25. The van der Waals surface area contributed by atoms with Crippen molar-refractivity contribution >= 4 is 67.3 Å². The van der Waals surface area contributed by atoms with Gasteiger partial charge in [0, 0.05) is 30.9 Å². The summed E-state index contributed by atoms with van der Waals surface area (Å²) in [6.07, 6.45) is 7.43. The molecule has 0 aliphatic carbocycles. The number of thiazole rings is 1. The Bertz CT molecular complexity index is 1670. The maximum Gasteiger partial charge on any atom is 0.263 e. The summed E-state index contributed by atoms with van der Waals surface area (Å²) in [7, 11) is -3.78. The monoisotopic (exact) mass is 565 g/mol. The Hall–Kier alpha value is -3.81. The number of benzene rings is 2. The second kappa shape index (κ2) is 11.3. The van der Waals surface area contributed by atoms with Crippen LogP contribution in [0.5, 0.6) is 0 Å². The maximum absolute atomic E-state index is 12.6. The summed E-state index contributed by atoms with van der Waals surface area (Å²) in [5, 5.41) is 10.6. The fourth-order valence-electron chi connectivity index (χ4n) is 4.02. The highest BCUT2D eigenvalue weighted by Gasteiger charge is 2.16. The molecule has 0 unspecified atom stereocenters. The molecule has 0 atom stereocenters. The second-order valence-corrected chi connectivity index (χ2v) is 11.5. The van der Waals surface area contributed by atoms with E-state index in [2.05, 4.69) is 29.9 Å². The third-order valence-corrected chi connectivity index (χ3v) is 8.44. The van der Waals surface area contributed by atoms with Crippen LogP contribution in [0.3, 0.4) is 0 Å². The molecular formula is C25H23N7O3S3. The van der Waals surface area contributed by atoms with E-state index in [1.807, 2.05) is 30.5 Å². The zero-order valence-electron chi connectivity index (χ0n) is 20.1. The van der Waals surface area contributed by atoms with E-state index >= 15 is 0 Å². The lowest BCUT2D eigenvalue weighted by atomic mass is 10.1. The van der Waals surface area contributed by atoms with Crippen molar-refractivity contribution in [3.8, 4) is 0 Å². The summed E-state index contributed by atoms with van der Waals surface area (Å²) < 4.78 is 29.3. The third-order valence-electron chi connectivity index (χ3n) is 5.90. The molecule has 10 nitrogen and oxygen atoms in total. The molecule has 3 heterocycles. The van der Waals surface area contributed by atoms with E-state index in [4.69, 9.17) is 12.2 Å². The maximum atomic E-state index is 12.6. The molecule has 0 radical (unpaired) electrons. The minimum Gasteiger partial charge on any atom is -0.377 e. The Balaban J connectivity index is 1.48. The van der Waals surface area contributed by atoms with Crippen molar-refractivity contribution in [2.45, 2.75) is 24.2 Å². The minimum absolute atomic E-state index is 0.0679. The number of likely N-dealkylation sites (tertiary alicyclic amines) is 1. The molecule has 5 rings (SSSR count). The summed E-state index contributed by atoms with van der Waals surface area (Å²) in [6, 6.07) is 13.3. The van der Waals surface area contributed by atoms with Gasteiger partial charge in [-0.3, -0.25) is 9.52 Å². The van der Waals surface area contributed by atoms with Crippen molar-refractivity contribution in [3.63, 3.8) is 0 Å². The van der Waals surface area contributed by atoms with Crippen LogP contribution < -0.4 is 4.72 Å². The highest BCUT2D eigenvalue weighted by Crippen LogP contribution is 2.24. The molecule has 194 valence electrons. The Morgan fingerprint density at radius 2 is 1.84 bits per heavy atom. The first-order valence-electron chi connectivity index (χ1n) is 11.8. The summed E-state index contributed by atoms with van der Waals surface area (Å²) >= 11 is 6.89. The summed E-state index contributed by atoms with van der Waals surface area (Å²) in [4.78, 5) is 22.9. The van der Waals surface area contributed by atoms with Crippen molar-refractivity contribution in [3.05, 3.63) is 76.6 Å². The van der Waals surface area contributed by atoms with Crippen molar-refractivity contribution in [1.29, 1.82) is 0 Å². The van der Waals surface area contributed by atoms with Crippen molar-refractivity contribution < 1.29 is 13.2 Å². The number of allylic oxidation sites excluding steroid dienone is 1. The predicted molar refractivity (Wildman–Crippen MR) is 149 cm³/mol. The van der Waals surface area contributed by atoms with Crippen molar-refractivity contribution in [2.24, 2.45) is 10.3 Å². The van der Waals surface area contributed by atoms with Gasteiger partial charge in [-0.25, -0.2) is 18.4 Å². The van der Waals surface area contributed by atoms with E-state index in [0.29, 0.717) is 28.0 Å². The fourth-order valence-corrected chi connectivity index (χ4v) is 6.11. The number of rotatable bonds is 8. The number of hydrogen-bond donors (Lipinski definition) is 1. The minimum atomic E-state index is -3.78. The lowest BCUT2D eigenvalue weighted by Gasteiger charge is -2.25. The van der Waals surface area contributed by atoms with E-state index in [1.165, 1.54) is 40.8 Å². The van der Waals surface area contributed by atoms with Gasteiger partial charge in [-0.05, 0) is 55.7 Å². The first-order valence-corrected chi connectivity index (χ1v) is 14.6. The van der Waals surface area contributed by atoms with E-state index in [1.54, 1.807) is 17.5 Å². The van der Waals surface area contributed by atoms with E-state index in [9.17, 15) is 13.2 Å². The van der Waals surface area contributed by atoms with Crippen LogP contribution in [0.25, 0.3) is 16.6 Å². The molecule has 2 aromatic carbocycles. The summed E-state index contributed by atoms with van der Waals surface area (Å²) in [6.45, 7) is 1.75. The number of nitrogens with zero attached hydrogens (tertiary/aromatic N) is 6. The van der Waals surface area contributed by atoms with Gasteiger partial charge in [-0.1, -0.05) is 29.6 Å². The smallest absolute Gasteiger partial charge is 0.263 e. The zero-order chi connectivity index (χ0) is 26.5. The molecule has 0 amide bonds. The van der Waals surface area contributed by atoms with Crippen LogP contribution in [-0.4, -0.2) is 47.3 Å². The Kier molecular flexibility index (Phi) is 7.67. The number of fused-ring (bicyclic) bond motifs is 1. The van der Waals surface area contributed by atoms with Crippen LogP contribution in [0.2, 0.25) is 0 Å². The van der Waals surface area contributed by atoms with Gasteiger partial charge in [0.25, 0.3) is 10.0 Å². The van der Waals surface area contributed by atoms with Gasteiger partial charge in [-0.2, -0.15) is 4.68 Å². The van der Waals surface area contributed by atoms with Crippen molar-refractivity contribution in [2.75, 3.05) is 17.8 Å². The third kappa shape index (κ3) is 5.69. The normalized spacial score (nSPS) is 14.7. The molecule has 4 aromatic rings. The average Bonchev–Trinajstić information content (AvgIpc) is 3.44. The SMILES string of the molecule is O=C/C(=C\N1CCCCC1)c1nc2ccccc2n(N=Nc2ccc(S(=O)(=O)Nc3nccs3)cc2)c1=S. The number of aldehydes is 1. The van der Waals surface area contributed by atoms with Gasteiger partial charge in [0.2, 0.25) is 0 Å². The topological polar surface area (TPSA) is 122 Å². The zero-order valence-corrected chi connectivity index (χ0v) is 22.5. The highest BCUT2D eigenvalue weighted by molar-refractivity contribution is 7.93. The number of para-hydroxylation sites is 2. The largest absolute Gasteiger partial charge is 0.377 e. The molecule has 0 saturated carbocycles. The molecule has 1 saturated heterocycles. The van der Waals surface area contributed by atoms with Gasteiger partial charge in [0.15, 0.2) is 16.1 Å². The Morgan fingerprint density at radius 3 is 2.55 bits per heavy atom. The van der Waals surface area contributed by atoms with Gasteiger partial charge in [0.1, 0.15) is 5.69 Å². The van der Waals surface area contributed by atoms with Gasteiger partial charge >= 0.3 is 0 Å². The second-order valence-electron chi connectivity index (χ2n) is 8.49. The quantitative estimate of drug-likeness (QED) is 0.128. The van der Waals surface area contributed by atoms with Gasteiger partial charge in [0.05, 0.1) is 27.2 Å². The molecule has 2 aromatic heterocycles. The predicted octanol–water partition coefficient (Wildman–Crippen LogP) is 5.60. The molecule has 1 aliphatic heterocycles. The van der Waals surface area contributed by atoms with Crippen LogP contribution in [0.15, 0.2) is 81.5 Å². The number of carbonyl (C=O) groups is 1. The molecule has 1 N–H and O–H groups in total. The Labute approximate surface area is 228 Å². The molecule has 1 fully saturated rings.